The van der Waals surface area contributed by atoms with E-state index in [0.29, 0.717) is 22.6 Å². The standard InChI is InChI=1S/C18H18FNO3/c1-11-4-7-15(10-17(11)19)20-18(22)13(3)23-16-8-5-14(6-9-16)12(2)21/h4-10,13H,1-3H3,(H,20,22)/t13-/m0/s1. The van der Waals surface area contributed by atoms with Gasteiger partial charge in [-0.05, 0) is 62.7 Å². The number of benzene rings is 2. The number of aryl methyl sites for hydroxylation is 1. The predicted octanol–water partition coefficient (Wildman–Crippen LogP) is 3.74. The van der Waals surface area contributed by atoms with Gasteiger partial charge in [-0.15, -0.1) is 0 Å². The summed E-state index contributed by atoms with van der Waals surface area (Å²) < 4.78 is 19.0. The SMILES string of the molecule is CC(=O)c1ccc(O[C@@H](C)C(=O)Nc2ccc(C)c(F)c2)cc1. The zero-order chi connectivity index (χ0) is 17.0. The molecule has 0 aliphatic carbocycles. The van der Waals surface area contributed by atoms with Gasteiger partial charge in [-0.25, -0.2) is 4.39 Å². The zero-order valence-electron chi connectivity index (χ0n) is 13.2. The van der Waals surface area contributed by atoms with Crippen molar-refractivity contribution in [2.75, 3.05) is 5.32 Å². The van der Waals surface area contributed by atoms with E-state index in [9.17, 15) is 14.0 Å². The first kappa shape index (κ1) is 16.7. The average molecular weight is 315 g/mol. The summed E-state index contributed by atoms with van der Waals surface area (Å²) >= 11 is 0. The number of hydrogen-bond donors (Lipinski definition) is 1. The molecule has 120 valence electrons. The molecule has 0 aliphatic heterocycles. The second-order valence-electron chi connectivity index (χ2n) is 5.29. The molecule has 1 N–H and O–H groups in total. The molecule has 1 atom stereocenters. The van der Waals surface area contributed by atoms with Gasteiger partial charge in [-0.3, -0.25) is 9.59 Å². The monoisotopic (exact) mass is 315 g/mol. The van der Waals surface area contributed by atoms with E-state index in [1.165, 1.54) is 13.0 Å². The summed E-state index contributed by atoms with van der Waals surface area (Å²) in [6.07, 6.45) is -0.762. The molecule has 2 aromatic rings. The first-order valence-corrected chi connectivity index (χ1v) is 7.21. The highest BCUT2D eigenvalue weighted by molar-refractivity contribution is 5.95. The van der Waals surface area contributed by atoms with Crippen LogP contribution in [0, 0.1) is 12.7 Å². The smallest absolute Gasteiger partial charge is 0.265 e. The van der Waals surface area contributed by atoms with Crippen LogP contribution >= 0.6 is 0 Å². The Bertz CT molecular complexity index is 726. The molecule has 0 aromatic heterocycles. The number of ether oxygens (including phenoxy) is 1. The van der Waals surface area contributed by atoms with E-state index in [2.05, 4.69) is 5.32 Å². The fraction of sp³-hybridized carbons (Fsp3) is 0.222. The van der Waals surface area contributed by atoms with Crippen LogP contribution in [0.3, 0.4) is 0 Å². The van der Waals surface area contributed by atoms with E-state index >= 15 is 0 Å². The summed E-state index contributed by atoms with van der Waals surface area (Å²) in [5, 5.41) is 2.60. The number of halogens is 1. The van der Waals surface area contributed by atoms with Crippen LogP contribution in [0.1, 0.15) is 29.8 Å². The van der Waals surface area contributed by atoms with Crippen LogP contribution in [0.5, 0.6) is 5.75 Å². The molecule has 4 nitrogen and oxygen atoms in total. The highest BCUT2D eigenvalue weighted by Gasteiger charge is 2.15. The number of hydrogen-bond acceptors (Lipinski definition) is 3. The van der Waals surface area contributed by atoms with Gasteiger partial charge in [-0.2, -0.15) is 0 Å². The highest BCUT2D eigenvalue weighted by Crippen LogP contribution is 2.17. The van der Waals surface area contributed by atoms with Gasteiger partial charge in [0.05, 0.1) is 0 Å². The fourth-order valence-corrected chi connectivity index (χ4v) is 1.94. The van der Waals surface area contributed by atoms with Crippen LogP contribution < -0.4 is 10.1 Å². The molecular weight excluding hydrogens is 297 g/mol. The maximum absolute atomic E-state index is 13.5. The number of amides is 1. The topological polar surface area (TPSA) is 55.4 Å². The van der Waals surface area contributed by atoms with Crippen molar-refractivity contribution >= 4 is 17.4 Å². The van der Waals surface area contributed by atoms with Crippen molar-refractivity contribution in [1.29, 1.82) is 0 Å². The Hall–Kier alpha value is -2.69. The Morgan fingerprint density at radius 1 is 1.13 bits per heavy atom. The molecule has 0 spiro atoms. The van der Waals surface area contributed by atoms with Crippen molar-refractivity contribution in [1.82, 2.24) is 0 Å². The lowest BCUT2D eigenvalue weighted by molar-refractivity contribution is -0.122. The van der Waals surface area contributed by atoms with E-state index in [-0.39, 0.29) is 17.5 Å². The van der Waals surface area contributed by atoms with Gasteiger partial charge in [0, 0.05) is 11.3 Å². The number of rotatable bonds is 5. The molecule has 0 bridgehead atoms. The summed E-state index contributed by atoms with van der Waals surface area (Å²) in [5.74, 6) is -0.323. The summed E-state index contributed by atoms with van der Waals surface area (Å²) in [6.45, 7) is 4.72. The van der Waals surface area contributed by atoms with Gasteiger partial charge in [-0.1, -0.05) is 6.07 Å². The number of carbonyl (C=O) groups excluding carboxylic acids is 2. The second kappa shape index (κ2) is 7.05. The predicted molar refractivity (Wildman–Crippen MR) is 86.3 cm³/mol. The molecule has 2 rings (SSSR count). The number of ketones is 1. The molecule has 0 saturated carbocycles. The third-order valence-electron chi connectivity index (χ3n) is 3.38. The Morgan fingerprint density at radius 2 is 1.78 bits per heavy atom. The summed E-state index contributed by atoms with van der Waals surface area (Å²) in [5.41, 5.74) is 1.46. The molecule has 5 heteroatoms. The first-order chi connectivity index (χ1) is 10.9. The lowest BCUT2D eigenvalue weighted by Crippen LogP contribution is -2.30. The van der Waals surface area contributed by atoms with Crippen molar-refractivity contribution in [3.05, 3.63) is 59.4 Å². The van der Waals surface area contributed by atoms with E-state index in [1.807, 2.05) is 0 Å². The van der Waals surface area contributed by atoms with E-state index in [1.54, 1.807) is 50.2 Å². The minimum atomic E-state index is -0.762. The van der Waals surface area contributed by atoms with Crippen molar-refractivity contribution in [3.63, 3.8) is 0 Å². The Labute approximate surface area is 134 Å². The van der Waals surface area contributed by atoms with Gasteiger partial charge >= 0.3 is 0 Å². The Morgan fingerprint density at radius 3 is 2.35 bits per heavy atom. The van der Waals surface area contributed by atoms with Gasteiger partial charge < -0.3 is 10.1 Å². The van der Waals surface area contributed by atoms with Crippen LogP contribution in [0.4, 0.5) is 10.1 Å². The molecular formula is C18H18FNO3. The third kappa shape index (κ3) is 4.39. The van der Waals surface area contributed by atoms with Crippen molar-refractivity contribution < 1.29 is 18.7 Å². The molecule has 1 amide bonds. The number of Topliss-reactive ketones (excluding diaryl/α,β-unsaturated/α-hetero) is 1. The largest absolute Gasteiger partial charge is 0.481 e. The molecule has 0 heterocycles. The zero-order valence-corrected chi connectivity index (χ0v) is 13.2. The average Bonchev–Trinajstić information content (AvgIpc) is 2.51. The van der Waals surface area contributed by atoms with E-state index < -0.39 is 6.10 Å². The van der Waals surface area contributed by atoms with E-state index in [0.717, 1.165) is 0 Å². The Kier molecular flexibility index (Phi) is 5.11. The number of anilines is 1. The van der Waals surface area contributed by atoms with Crippen LogP contribution in [-0.4, -0.2) is 17.8 Å². The molecule has 0 radical (unpaired) electrons. The van der Waals surface area contributed by atoms with Gasteiger partial charge in [0.2, 0.25) is 0 Å². The van der Waals surface area contributed by atoms with Crippen molar-refractivity contribution in [2.45, 2.75) is 26.9 Å². The number of carbonyl (C=O) groups is 2. The van der Waals surface area contributed by atoms with Crippen LogP contribution in [0.25, 0.3) is 0 Å². The molecule has 23 heavy (non-hydrogen) atoms. The minimum Gasteiger partial charge on any atom is -0.481 e. The van der Waals surface area contributed by atoms with Gasteiger partial charge in [0.25, 0.3) is 5.91 Å². The molecule has 0 unspecified atom stereocenters. The molecule has 0 aliphatic rings. The quantitative estimate of drug-likeness (QED) is 0.855. The molecule has 2 aromatic carbocycles. The maximum Gasteiger partial charge on any atom is 0.265 e. The maximum atomic E-state index is 13.5. The second-order valence-corrected chi connectivity index (χ2v) is 5.29. The van der Waals surface area contributed by atoms with Crippen LogP contribution in [0.15, 0.2) is 42.5 Å². The number of nitrogens with one attached hydrogen (secondary N) is 1. The minimum absolute atomic E-state index is 0.0382. The van der Waals surface area contributed by atoms with Crippen LogP contribution in [0.2, 0.25) is 0 Å². The lowest BCUT2D eigenvalue weighted by atomic mass is 10.1. The molecule has 0 fully saturated rings. The fourth-order valence-electron chi connectivity index (χ4n) is 1.94. The summed E-state index contributed by atoms with van der Waals surface area (Å²) in [6, 6.07) is 11.0. The van der Waals surface area contributed by atoms with Crippen molar-refractivity contribution in [2.24, 2.45) is 0 Å². The normalized spacial score (nSPS) is 11.7. The first-order valence-electron chi connectivity index (χ1n) is 7.21. The van der Waals surface area contributed by atoms with E-state index in [4.69, 9.17) is 4.74 Å². The lowest BCUT2D eigenvalue weighted by Gasteiger charge is -2.15. The van der Waals surface area contributed by atoms with Crippen molar-refractivity contribution in [3.8, 4) is 5.75 Å². The Balaban J connectivity index is 1.99. The molecule has 0 saturated heterocycles. The van der Waals surface area contributed by atoms with Gasteiger partial charge in [0.15, 0.2) is 11.9 Å². The summed E-state index contributed by atoms with van der Waals surface area (Å²) in [4.78, 5) is 23.3. The van der Waals surface area contributed by atoms with Gasteiger partial charge in [0.1, 0.15) is 11.6 Å². The van der Waals surface area contributed by atoms with Crippen LogP contribution in [-0.2, 0) is 4.79 Å². The summed E-state index contributed by atoms with van der Waals surface area (Å²) in [7, 11) is 0. The third-order valence-corrected chi connectivity index (χ3v) is 3.38. The highest BCUT2D eigenvalue weighted by atomic mass is 19.1.